The van der Waals surface area contributed by atoms with Crippen LogP contribution in [0.2, 0.25) is 0 Å². The van der Waals surface area contributed by atoms with Crippen LogP contribution in [0.4, 0.5) is 0 Å². The Kier molecular flexibility index (Phi) is 4.56. The van der Waals surface area contributed by atoms with E-state index in [4.69, 9.17) is 21.4 Å². The Morgan fingerprint density at radius 2 is 2.00 bits per heavy atom. The lowest BCUT2D eigenvalue weighted by Crippen LogP contribution is -1.82. The van der Waals surface area contributed by atoms with Crippen molar-refractivity contribution in [2.75, 3.05) is 0 Å². The molecule has 0 N–H and O–H groups in total. The minimum atomic E-state index is 0.242. The molecule has 0 saturated carbocycles. The van der Waals surface area contributed by atoms with Crippen LogP contribution in [0.15, 0.2) is 57.5 Å². The second-order valence-electron chi connectivity index (χ2n) is 4.66. The van der Waals surface area contributed by atoms with Gasteiger partial charge >= 0.3 is 0 Å². The minimum absolute atomic E-state index is 0.242. The smallest absolute Gasteiger partial charge is 0.269 e. The van der Waals surface area contributed by atoms with Crippen molar-refractivity contribution in [3.63, 3.8) is 0 Å². The van der Waals surface area contributed by atoms with E-state index in [2.05, 4.69) is 32.1 Å². The molecule has 6 heteroatoms. The first-order chi connectivity index (χ1) is 11.2. The third-order valence-electron chi connectivity index (χ3n) is 3.05. The van der Waals surface area contributed by atoms with Gasteiger partial charge in [0.2, 0.25) is 5.82 Å². The van der Waals surface area contributed by atoms with Crippen LogP contribution < -0.4 is 0 Å². The Hall–Kier alpha value is -2.42. The maximum absolute atomic E-state index is 8.79. The molecule has 23 heavy (non-hydrogen) atoms. The fourth-order valence-corrected chi connectivity index (χ4v) is 2.53. The van der Waals surface area contributed by atoms with Crippen LogP contribution in [0.25, 0.3) is 22.5 Å². The summed E-state index contributed by atoms with van der Waals surface area (Å²) in [6.07, 6.45) is 1.71. The molecule has 0 bridgehead atoms. The van der Waals surface area contributed by atoms with Crippen LogP contribution in [0.1, 0.15) is 17.0 Å². The normalized spacial score (nSPS) is 11.3. The molecule has 0 aliphatic carbocycles. The summed E-state index contributed by atoms with van der Waals surface area (Å²) in [5.74, 6) is 0.707. The Labute approximate surface area is 146 Å². The zero-order chi connectivity index (χ0) is 16.2. The van der Waals surface area contributed by atoms with E-state index in [0.717, 1.165) is 15.6 Å². The van der Waals surface area contributed by atoms with Gasteiger partial charge in [-0.3, -0.25) is 0 Å². The summed E-state index contributed by atoms with van der Waals surface area (Å²) in [5, 5.41) is 13.1. The molecule has 0 fully saturated rings. The largest absolute Gasteiger partial charge is 0.333 e. The lowest BCUT2D eigenvalue weighted by atomic mass is 10.1. The number of hydrogen-bond acceptors (Lipinski definition) is 4. The monoisotopic (exact) mass is 385 g/mol. The van der Waals surface area contributed by atoms with Gasteiger partial charge < -0.3 is 4.52 Å². The van der Waals surface area contributed by atoms with Gasteiger partial charge in [-0.1, -0.05) is 57.0 Å². The average Bonchev–Trinajstić information content (AvgIpc) is 3.06. The van der Waals surface area contributed by atoms with Gasteiger partial charge in [0.05, 0.1) is 11.6 Å². The summed E-state index contributed by atoms with van der Waals surface area (Å²) in [6, 6.07) is 16.7. The first kappa shape index (κ1) is 15.5. The number of halogens is 2. The highest BCUT2D eigenvalue weighted by Crippen LogP contribution is 2.25. The summed E-state index contributed by atoms with van der Waals surface area (Å²) in [5.41, 5.74) is 2.27. The van der Waals surface area contributed by atoms with Crippen molar-refractivity contribution in [3.8, 4) is 17.5 Å². The van der Waals surface area contributed by atoms with Crippen molar-refractivity contribution in [1.29, 1.82) is 5.26 Å². The fourth-order valence-electron chi connectivity index (χ4n) is 1.93. The van der Waals surface area contributed by atoms with Crippen LogP contribution >= 0.6 is 27.5 Å². The lowest BCUT2D eigenvalue weighted by Gasteiger charge is -1.95. The molecular weight excluding hydrogens is 378 g/mol. The van der Waals surface area contributed by atoms with Crippen LogP contribution in [0.3, 0.4) is 0 Å². The Bertz CT molecular complexity index is 910. The van der Waals surface area contributed by atoms with Gasteiger partial charge in [-0.25, -0.2) is 0 Å². The highest BCUT2D eigenvalue weighted by atomic mass is 79.9. The Balaban J connectivity index is 1.87. The summed E-state index contributed by atoms with van der Waals surface area (Å²) < 4.78 is 6.14. The second-order valence-corrected chi connectivity index (χ2v) is 5.98. The molecule has 112 valence electrons. The average molecular weight is 387 g/mol. The quantitative estimate of drug-likeness (QED) is 0.627. The van der Waals surface area contributed by atoms with Crippen LogP contribution in [0.5, 0.6) is 0 Å². The molecule has 3 aromatic rings. The van der Waals surface area contributed by atoms with Crippen molar-refractivity contribution >= 4 is 38.6 Å². The van der Waals surface area contributed by atoms with E-state index in [1.807, 2.05) is 24.3 Å². The predicted octanol–water partition coefficient (Wildman–Crippen LogP) is 5.11. The molecule has 0 atom stereocenters. The molecule has 1 aromatic heterocycles. The zero-order valence-corrected chi connectivity index (χ0v) is 14.0. The van der Waals surface area contributed by atoms with Gasteiger partial charge in [0.1, 0.15) is 5.03 Å². The third-order valence-corrected chi connectivity index (χ3v) is 3.81. The first-order valence-electron chi connectivity index (χ1n) is 6.63. The van der Waals surface area contributed by atoms with Gasteiger partial charge in [0.15, 0.2) is 0 Å². The highest BCUT2D eigenvalue weighted by Gasteiger charge is 2.11. The summed E-state index contributed by atoms with van der Waals surface area (Å²) in [7, 11) is 0. The number of hydrogen-bond donors (Lipinski definition) is 0. The van der Waals surface area contributed by atoms with Crippen molar-refractivity contribution in [2.24, 2.45) is 0 Å². The van der Waals surface area contributed by atoms with Crippen molar-refractivity contribution in [1.82, 2.24) is 10.1 Å². The van der Waals surface area contributed by atoms with E-state index < -0.39 is 0 Å². The molecule has 0 unspecified atom stereocenters. The van der Waals surface area contributed by atoms with Gasteiger partial charge in [-0.2, -0.15) is 10.2 Å². The molecule has 0 amide bonds. The number of benzene rings is 2. The summed E-state index contributed by atoms with van der Waals surface area (Å²) >= 11 is 9.64. The number of nitrogens with zero attached hydrogens (tertiary/aromatic N) is 3. The summed E-state index contributed by atoms with van der Waals surface area (Å²) in [6.45, 7) is 0. The van der Waals surface area contributed by atoms with E-state index in [-0.39, 0.29) is 5.89 Å². The highest BCUT2D eigenvalue weighted by molar-refractivity contribution is 9.10. The van der Waals surface area contributed by atoms with E-state index in [9.17, 15) is 0 Å². The number of nitriles is 1. The second kappa shape index (κ2) is 6.78. The Morgan fingerprint density at radius 1 is 1.22 bits per heavy atom. The molecule has 1 heterocycles. The standard InChI is InChI=1S/C17H9BrClN3O/c18-14-3-1-2-13(9-14)16-21-17(23-22-16)15(19)8-11-4-6-12(10-20)7-5-11/h1-9H/b15-8-. The van der Waals surface area contributed by atoms with Gasteiger partial charge in [-0.15, -0.1) is 0 Å². The molecule has 0 saturated heterocycles. The Morgan fingerprint density at radius 3 is 2.70 bits per heavy atom. The first-order valence-corrected chi connectivity index (χ1v) is 7.80. The van der Waals surface area contributed by atoms with E-state index in [0.29, 0.717) is 16.4 Å². The molecule has 0 radical (unpaired) electrons. The third kappa shape index (κ3) is 3.67. The van der Waals surface area contributed by atoms with Crippen LogP contribution in [-0.2, 0) is 0 Å². The SMILES string of the molecule is N#Cc1ccc(/C=C(\Cl)c2nc(-c3cccc(Br)c3)no2)cc1. The molecular formula is C17H9BrClN3O. The van der Waals surface area contributed by atoms with Crippen molar-refractivity contribution < 1.29 is 4.52 Å². The van der Waals surface area contributed by atoms with E-state index in [1.54, 1.807) is 30.3 Å². The maximum atomic E-state index is 8.79. The number of rotatable bonds is 3. The topological polar surface area (TPSA) is 62.7 Å². The lowest BCUT2D eigenvalue weighted by molar-refractivity contribution is 0.410. The van der Waals surface area contributed by atoms with E-state index >= 15 is 0 Å². The van der Waals surface area contributed by atoms with E-state index in [1.165, 1.54) is 0 Å². The molecule has 3 rings (SSSR count). The fraction of sp³-hybridized carbons (Fsp3) is 0. The van der Waals surface area contributed by atoms with Crippen LogP contribution in [0, 0.1) is 11.3 Å². The maximum Gasteiger partial charge on any atom is 0.269 e. The zero-order valence-electron chi connectivity index (χ0n) is 11.7. The molecule has 4 nitrogen and oxygen atoms in total. The number of aromatic nitrogens is 2. The molecule has 0 aliphatic rings. The molecule has 0 spiro atoms. The van der Waals surface area contributed by atoms with Crippen molar-refractivity contribution in [2.45, 2.75) is 0 Å². The van der Waals surface area contributed by atoms with Gasteiger partial charge in [-0.05, 0) is 35.9 Å². The van der Waals surface area contributed by atoms with Gasteiger partial charge in [0.25, 0.3) is 5.89 Å². The molecule has 0 aliphatic heterocycles. The minimum Gasteiger partial charge on any atom is -0.333 e. The van der Waals surface area contributed by atoms with Crippen molar-refractivity contribution in [3.05, 3.63) is 70.0 Å². The summed E-state index contributed by atoms with van der Waals surface area (Å²) in [4.78, 5) is 4.30. The van der Waals surface area contributed by atoms with Crippen LogP contribution in [-0.4, -0.2) is 10.1 Å². The van der Waals surface area contributed by atoms with Gasteiger partial charge in [0, 0.05) is 10.0 Å². The predicted molar refractivity (Wildman–Crippen MR) is 92.3 cm³/mol. The molecule has 2 aromatic carbocycles.